The van der Waals surface area contributed by atoms with Gasteiger partial charge in [0.2, 0.25) is 0 Å². The molecule has 0 aromatic heterocycles. The summed E-state index contributed by atoms with van der Waals surface area (Å²) in [5.41, 5.74) is 1.15. The van der Waals surface area contributed by atoms with Crippen LogP contribution >= 0.6 is 24.0 Å². The van der Waals surface area contributed by atoms with Crippen LogP contribution in [-0.2, 0) is 0 Å². The average Bonchev–Trinajstić information content (AvgIpc) is 2.36. The molecule has 0 fully saturated rings. The third kappa shape index (κ3) is 5.02. The van der Waals surface area contributed by atoms with Gasteiger partial charge in [-0.2, -0.15) is 0 Å². The summed E-state index contributed by atoms with van der Waals surface area (Å²) in [7, 11) is 0. The largest absolute Gasteiger partial charge is 0.392 e. The molecule has 0 radical (unpaired) electrons. The Morgan fingerprint density at radius 1 is 1.47 bits per heavy atom. The standard InChI is InChI=1S/C14H18OS2/c1-3-9-17-14(16)10-13(15)11(2)12-7-5-4-6-8-12/h3-8,11,13,15H,1,9-10H2,2H3/t11-,13-/m1/s1. The first-order valence-electron chi connectivity index (χ1n) is 5.64. The lowest BCUT2D eigenvalue weighted by Gasteiger charge is -2.19. The zero-order valence-electron chi connectivity index (χ0n) is 10.0. The molecular formula is C14H18OS2. The van der Waals surface area contributed by atoms with Crippen molar-refractivity contribution >= 4 is 28.2 Å². The van der Waals surface area contributed by atoms with Gasteiger partial charge in [-0.3, -0.25) is 0 Å². The normalized spacial score (nSPS) is 14.0. The Hall–Kier alpha value is -0.640. The topological polar surface area (TPSA) is 20.2 Å². The van der Waals surface area contributed by atoms with Gasteiger partial charge in [-0.1, -0.05) is 55.5 Å². The summed E-state index contributed by atoms with van der Waals surface area (Å²) in [5, 5.41) is 10.1. The van der Waals surface area contributed by atoms with Gasteiger partial charge < -0.3 is 5.11 Å². The second-order valence-electron chi connectivity index (χ2n) is 3.94. The second kappa shape index (κ2) is 7.64. The van der Waals surface area contributed by atoms with Crippen LogP contribution in [0.2, 0.25) is 0 Å². The highest BCUT2D eigenvalue weighted by atomic mass is 32.2. The lowest BCUT2D eigenvalue weighted by atomic mass is 9.94. The van der Waals surface area contributed by atoms with E-state index in [-0.39, 0.29) is 5.92 Å². The van der Waals surface area contributed by atoms with Crippen LogP contribution in [0.25, 0.3) is 0 Å². The van der Waals surface area contributed by atoms with E-state index in [0.717, 1.165) is 15.5 Å². The number of benzene rings is 1. The van der Waals surface area contributed by atoms with Crippen LogP contribution in [0.4, 0.5) is 0 Å². The van der Waals surface area contributed by atoms with Crippen LogP contribution in [0.5, 0.6) is 0 Å². The quantitative estimate of drug-likeness (QED) is 0.625. The zero-order valence-corrected chi connectivity index (χ0v) is 11.6. The second-order valence-corrected chi connectivity index (χ2v) is 5.81. The van der Waals surface area contributed by atoms with E-state index in [9.17, 15) is 5.11 Å². The SMILES string of the molecule is C=CCSC(=S)C[C@@H](O)[C@H](C)c1ccccc1. The molecule has 0 saturated carbocycles. The monoisotopic (exact) mass is 266 g/mol. The first kappa shape index (κ1) is 14.4. The molecule has 2 atom stereocenters. The highest BCUT2D eigenvalue weighted by Gasteiger charge is 2.17. The van der Waals surface area contributed by atoms with Crippen molar-refractivity contribution in [1.82, 2.24) is 0 Å². The number of rotatable bonds is 6. The van der Waals surface area contributed by atoms with Gasteiger partial charge in [0.15, 0.2) is 0 Å². The van der Waals surface area contributed by atoms with Crippen molar-refractivity contribution in [2.75, 3.05) is 5.75 Å². The van der Waals surface area contributed by atoms with Gasteiger partial charge in [0, 0.05) is 18.1 Å². The average molecular weight is 266 g/mol. The van der Waals surface area contributed by atoms with Crippen molar-refractivity contribution in [2.45, 2.75) is 25.4 Å². The van der Waals surface area contributed by atoms with Gasteiger partial charge in [0.1, 0.15) is 0 Å². The molecule has 0 aliphatic heterocycles. The van der Waals surface area contributed by atoms with Gasteiger partial charge in [0.05, 0.1) is 10.3 Å². The molecule has 1 aromatic carbocycles. The summed E-state index contributed by atoms with van der Waals surface area (Å²) in [4.78, 5) is 0. The molecule has 0 amide bonds. The number of aliphatic hydroxyl groups is 1. The predicted octanol–water partition coefficient (Wildman–Crippen LogP) is 3.79. The van der Waals surface area contributed by atoms with E-state index in [2.05, 4.69) is 6.58 Å². The minimum atomic E-state index is -0.415. The van der Waals surface area contributed by atoms with E-state index in [1.165, 1.54) is 0 Å². The molecule has 0 saturated heterocycles. The van der Waals surface area contributed by atoms with Gasteiger partial charge in [-0.15, -0.1) is 18.3 Å². The molecule has 0 spiro atoms. The molecule has 0 aliphatic carbocycles. The Balaban J connectivity index is 2.50. The number of thioether (sulfide) groups is 1. The third-order valence-electron chi connectivity index (χ3n) is 2.64. The first-order valence-corrected chi connectivity index (χ1v) is 7.04. The molecule has 1 N–H and O–H groups in total. The van der Waals surface area contributed by atoms with Crippen LogP contribution in [-0.4, -0.2) is 21.2 Å². The minimum Gasteiger partial charge on any atom is -0.392 e. The first-order chi connectivity index (χ1) is 8.15. The lowest BCUT2D eigenvalue weighted by molar-refractivity contribution is 0.158. The van der Waals surface area contributed by atoms with Gasteiger partial charge in [-0.05, 0) is 5.56 Å². The fourth-order valence-electron chi connectivity index (χ4n) is 1.54. The predicted molar refractivity (Wildman–Crippen MR) is 80.7 cm³/mol. The van der Waals surface area contributed by atoms with Crippen LogP contribution in [0, 0.1) is 0 Å². The zero-order chi connectivity index (χ0) is 12.7. The molecular weight excluding hydrogens is 248 g/mol. The Bertz CT molecular complexity index is 362. The van der Waals surface area contributed by atoms with Crippen molar-refractivity contribution in [3.63, 3.8) is 0 Å². The van der Waals surface area contributed by atoms with Crippen molar-refractivity contribution < 1.29 is 5.11 Å². The van der Waals surface area contributed by atoms with Crippen LogP contribution in [0.1, 0.15) is 24.8 Å². The summed E-state index contributed by atoms with van der Waals surface area (Å²) in [6.07, 6.45) is 1.97. The smallest absolute Gasteiger partial charge is 0.0659 e. The Morgan fingerprint density at radius 3 is 2.71 bits per heavy atom. The van der Waals surface area contributed by atoms with E-state index in [1.54, 1.807) is 11.8 Å². The molecule has 0 aliphatic rings. The van der Waals surface area contributed by atoms with E-state index in [1.807, 2.05) is 43.3 Å². The van der Waals surface area contributed by atoms with Crippen LogP contribution in [0.3, 0.4) is 0 Å². The Kier molecular flexibility index (Phi) is 6.48. The van der Waals surface area contributed by atoms with Crippen LogP contribution < -0.4 is 0 Å². The number of hydrogen-bond acceptors (Lipinski definition) is 3. The number of hydrogen-bond donors (Lipinski definition) is 1. The Labute approximate surface area is 113 Å². The summed E-state index contributed by atoms with van der Waals surface area (Å²) >= 11 is 6.79. The summed E-state index contributed by atoms with van der Waals surface area (Å²) in [6.45, 7) is 5.68. The molecule has 1 rings (SSSR count). The van der Waals surface area contributed by atoms with Crippen molar-refractivity contribution in [1.29, 1.82) is 0 Å². The number of thiocarbonyl (C=S) groups is 1. The molecule has 92 valence electrons. The maximum atomic E-state index is 10.1. The molecule has 1 nitrogen and oxygen atoms in total. The lowest BCUT2D eigenvalue weighted by Crippen LogP contribution is -2.18. The fraction of sp³-hybridized carbons (Fsp3) is 0.357. The van der Waals surface area contributed by atoms with Crippen molar-refractivity contribution in [3.05, 3.63) is 48.6 Å². The van der Waals surface area contributed by atoms with Gasteiger partial charge >= 0.3 is 0 Å². The Morgan fingerprint density at radius 2 is 2.12 bits per heavy atom. The third-order valence-corrected chi connectivity index (χ3v) is 4.05. The number of aliphatic hydroxyl groups excluding tert-OH is 1. The van der Waals surface area contributed by atoms with Crippen LogP contribution in [0.15, 0.2) is 43.0 Å². The minimum absolute atomic E-state index is 0.110. The highest BCUT2D eigenvalue weighted by Crippen LogP contribution is 2.23. The summed E-state index contributed by atoms with van der Waals surface area (Å²) in [6, 6.07) is 10.0. The molecule has 1 aromatic rings. The van der Waals surface area contributed by atoms with Crippen molar-refractivity contribution in [3.8, 4) is 0 Å². The van der Waals surface area contributed by atoms with Crippen molar-refractivity contribution in [2.24, 2.45) is 0 Å². The highest BCUT2D eigenvalue weighted by molar-refractivity contribution is 8.23. The summed E-state index contributed by atoms with van der Waals surface area (Å²) in [5.74, 6) is 0.920. The fourth-order valence-corrected chi connectivity index (χ4v) is 2.50. The molecule has 0 bridgehead atoms. The van der Waals surface area contributed by atoms with E-state index in [4.69, 9.17) is 12.2 Å². The van der Waals surface area contributed by atoms with Gasteiger partial charge in [-0.25, -0.2) is 0 Å². The molecule has 0 unspecified atom stereocenters. The summed E-state index contributed by atoms with van der Waals surface area (Å²) < 4.78 is 0.847. The van der Waals surface area contributed by atoms with E-state index < -0.39 is 6.10 Å². The molecule has 17 heavy (non-hydrogen) atoms. The molecule has 3 heteroatoms. The van der Waals surface area contributed by atoms with E-state index >= 15 is 0 Å². The maximum Gasteiger partial charge on any atom is 0.0659 e. The van der Waals surface area contributed by atoms with Gasteiger partial charge in [0.25, 0.3) is 0 Å². The molecule has 0 heterocycles. The maximum absolute atomic E-state index is 10.1. The van der Waals surface area contributed by atoms with E-state index in [0.29, 0.717) is 6.42 Å².